The molecule has 0 aliphatic rings. The van der Waals surface area contributed by atoms with Crippen molar-refractivity contribution in [2.75, 3.05) is 0 Å². The predicted octanol–water partition coefficient (Wildman–Crippen LogP) is 5.32. The SMILES string of the molecule is Cc1ccc(-c2nc(Cl)c(I)c(C(C)(C)C)n2)c(C)c1. The molecule has 0 spiro atoms. The normalized spacial score (nSPS) is 11.8. The van der Waals surface area contributed by atoms with Crippen LogP contribution in [0.2, 0.25) is 5.15 Å². The number of aromatic nitrogens is 2. The van der Waals surface area contributed by atoms with Crippen LogP contribution < -0.4 is 0 Å². The zero-order valence-electron chi connectivity index (χ0n) is 12.4. The molecule has 0 aliphatic carbocycles. The Balaban J connectivity index is 2.67. The quantitative estimate of drug-likeness (QED) is 0.478. The summed E-state index contributed by atoms with van der Waals surface area (Å²) in [6.45, 7) is 10.6. The van der Waals surface area contributed by atoms with Crippen LogP contribution in [-0.4, -0.2) is 9.97 Å². The molecule has 0 N–H and O–H groups in total. The first kappa shape index (κ1) is 15.7. The fourth-order valence-corrected chi connectivity index (χ4v) is 3.32. The molecule has 20 heavy (non-hydrogen) atoms. The number of halogens is 2. The maximum Gasteiger partial charge on any atom is 0.161 e. The van der Waals surface area contributed by atoms with Crippen LogP contribution in [0.4, 0.5) is 0 Å². The Hall–Kier alpha value is -0.680. The maximum atomic E-state index is 6.30. The van der Waals surface area contributed by atoms with Crippen molar-refractivity contribution in [2.45, 2.75) is 40.0 Å². The lowest BCUT2D eigenvalue weighted by molar-refractivity contribution is 0.563. The van der Waals surface area contributed by atoms with Gasteiger partial charge in [0.05, 0.1) is 9.26 Å². The molecule has 4 heteroatoms. The van der Waals surface area contributed by atoms with Crippen LogP contribution in [0.15, 0.2) is 18.2 Å². The van der Waals surface area contributed by atoms with Gasteiger partial charge in [-0.25, -0.2) is 9.97 Å². The summed E-state index contributed by atoms with van der Waals surface area (Å²) in [6.07, 6.45) is 0. The summed E-state index contributed by atoms with van der Waals surface area (Å²) in [5.74, 6) is 0.706. The molecule has 1 aromatic heterocycles. The molecule has 2 nitrogen and oxygen atoms in total. The topological polar surface area (TPSA) is 25.8 Å². The Morgan fingerprint density at radius 2 is 1.75 bits per heavy atom. The van der Waals surface area contributed by atoms with E-state index in [1.54, 1.807) is 0 Å². The molecule has 0 aliphatic heterocycles. The average molecular weight is 401 g/mol. The van der Waals surface area contributed by atoms with Crippen LogP contribution in [0.1, 0.15) is 37.6 Å². The molecule has 0 amide bonds. The second-order valence-electron chi connectivity index (χ2n) is 6.07. The van der Waals surface area contributed by atoms with Crippen molar-refractivity contribution in [2.24, 2.45) is 0 Å². The summed E-state index contributed by atoms with van der Waals surface area (Å²) < 4.78 is 0.935. The third-order valence-corrected chi connectivity index (χ3v) is 4.76. The van der Waals surface area contributed by atoms with Crippen LogP contribution in [-0.2, 0) is 5.41 Å². The van der Waals surface area contributed by atoms with Gasteiger partial charge in [0.1, 0.15) is 5.15 Å². The Morgan fingerprint density at radius 1 is 1.10 bits per heavy atom. The highest BCUT2D eigenvalue weighted by molar-refractivity contribution is 14.1. The van der Waals surface area contributed by atoms with Crippen LogP contribution in [0.3, 0.4) is 0 Å². The lowest BCUT2D eigenvalue weighted by Crippen LogP contribution is -2.17. The monoisotopic (exact) mass is 400 g/mol. The second-order valence-corrected chi connectivity index (χ2v) is 7.51. The van der Waals surface area contributed by atoms with Crippen molar-refractivity contribution in [3.05, 3.63) is 43.7 Å². The smallest absolute Gasteiger partial charge is 0.161 e. The number of rotatable bonds is 1. The summed E-state index contributed by atoms with van der Waals surface area (Å²) in [5, 5.41) is 0.528. The summed E-state index contributed by atoms with van der Waals surface area (Å²) in [6, 6.07) is 6.28. The first-order valence-electron chi connectivity index (χ1n) is 6.51. The number of aryl methyl sites for hydroxylation is 2. The summed E-state index contributed by atoms with van der Waals surface area (Å²) in [5.41, 5.74) is 4.38. The predicted molar refractivity (Wildman–Crippen MR) is 93.4 cm³/mol. The lowest BCUT2D eigenvalue weighted by Gasteiger charge is -2.21. The molecular weight excluding hydrogens is 383 g/mol. The minimum Gasteiger partial charge on any atom is -0.231 e. The van der Waals surface area contributed by atoms with Gasteiger partial charge in [0.25, 0.3) is 0 Å². The summed E-state index contributed by atoms with van der Waals surface area (Å²) in [4.78, 5) is 9.22. The molecule has 0 atom stereocenters. The van der Waals surface area contributed by atoms with E-state index in [0.717, 1.165) is 14.8 Å². The number of hydrogen-bond donors (Lipinski definition) is 0. The second kappa shape index (κ2) is 5.60. The molecule has 0 bridgehead atoms. The zero-order chi connectivity index (χ0) is 15.1. The van der Waals surface area contributed by atoms with Crippen LogP contribution in [0, 0.1) is 17.4 Å². The Kier molecular flexibility index (Phi) is 4.40. The largest absolute Gasteiger partial charge is 0.231 e. The van der Waals surface area contributed by atoms with E-state index in [1.165, 1.54) is 11.1 Å². The molecule has 2 aromatic rings. The number of benzene rings is 1. The van der Waals surface area contributed by atoms with Gasteiger partial charge in [-0.15, -0.1) is 0 Å². The lowest BCUT2D eigenvalue weighted by atomic mass is 9.92. The fourth-order valence-electron chi connectivity index (χ4n) is 2.10. The van der Waals surface area contributed by atoms with Crippen LogP contribution >= 0.6 is 34.2 Å². The number of nitrogens with zero attached hydrogens (tertiary/aromatic N) is 2. The molecular formula is C16H18ClIN2. The summed E-state index contributed by atoms with van der Waals surface area (Å²) in [7, 11) is 0. The van der Waals surface area contributed by atoms with Crippen molar-refractivity contribution < 1.29 is 0 Å². The maximum absolute atomic E-state index is 6.30. The van der Waals surface area contributed by atoms with Gasteiger partial charge in [-0.2, -0.15) is 0 Å². The van der Waals surface area contributed by atoms with E-state index in [2.05, 4.69) is 80.4 Å². The standard InChI is InChI=1S/C16H18ClIN2/c1-9-6-7-11(10(2)8-9)15-19-13(16(3,4)5)12(18)14(17)20-15/h6-8H,1-5H3. The van der Waals surface area contributed by atoms with Gasteiger partial charge in [0, 0.05) is 11.0 Å². The molecule has 0 radical (unpaired) electrons. The van der Waals surface area contributed by atoms with Gasteiger partial charge in [-0.1, -0.05) is 56.1 Å². The molecule has 1 heterocycles. The van der Waals surface area contributed by atoms with E-state index in [0.29, 0.717) is 11.0 Å². The molecule has 0 fully saturated rings. The van der Waals surface area contributed by atoms with Gasteiger partial charge in [0.2, 0.25) is 0 Å². The first-order chi connectivity index (χ1) is 9.20. The molecule has 0 unspecified atom stereocenters. The third kappa shape index (κ3) is 3.14. The van der Waals surface area contributed by atoms with E-state index in [1.807, 2.05) is 0 Å². The minimum absolute atomic E-state index is 0.0591. The summed E-state index contributed by atoms with van der Waals surface area (Å²) >= 11 is 8.52. The van der Waals surface area contributed by atoms with Crippen molar-refractivity contribution in [1.29, 1.82) is 0 Å². The van der Waals surface area contributed by atoms with Gasteiger partial charge in [-0.05, 0) is 42.0 Å². The fraction of sp³-hybridized carbons (Fsp3) is 0.375. The molecule has 106 valence electrons. The van der Waals surface area contributed by atoms with Crippen LogP contribution in [0.5, 0.6) is 0 Å². The van der Waals surface area contributed by atoms with Gasteiger partial charge in [0.15, 0.2) is 5.82 Å². The minimum atomic E-state index is -0.0591. The Labute approximate surface area is 139 Å². The highest BCUT2D eigenvalue weighted by Gasteiger charge is 2.23. The number of hydrogen-bond acceptors (Lipinski definition) is 2. The van der Waals surface area contributed by atoms with Crippen molar-refractivity contribution in [3.63, 3.8) is 0 Å². The average Bonchev–Trinajstić information content (AvgIpc) is 2.31. The van der Waals surface area contributed by atoms with Gasteiger partial charge < -0.3 is 0 Å². The van der Waals surface area contributed by atoms with E-state index in [9.17, 15) is 0 Å². The van der Waals surface area contributed by atoms with Crippen molar-refractivity contribution in [3.8, 4) is 11.4 Å². The Morgan fingerprint density at radius 3 is 2.30 bits per heavy atom. The third-order valence-electron chi connectivity index (χ3n) is 3.14. The molecule has 2 rings (SSSR count). The van der Waals surface area contributed by atoms with E-state index in [-0.39, 0.29) is 5.41 Å². The van der Waals surface area contributed by atoms with Crippen molar-refractivity contribution >= 4 is 34.2 Å². The highest BCUT2D eigenvalue weighted by atomic mass is 127. The molecule has 1 aromatic carbocycles. The van der Waals surface area contributed by atoms with E-state index >= 15 is 0 Å². The van der Waals surface area contributed by atoms with Crippen LogP contribution in [0.25, 0.3) is 11.4 Å². The highest BCUT2D eigenvalue weighted by Crippen LogP contribution is 2.32. The molecule has 0 saturated carbocycles. The molecule has 0 saturated heterocycles. The van der Waals surface area contributed by atoms with Crippen molar-refractivity contribution in [1.82, 2.24) is 9.97 Å². The van der Waals surface area contributed by atoms with Gasteiger partial charge >= 0.3 is 0 Å². The van der Waals surface area contributed by atoms with E-state index < -0.39 is 0 Å². The van der Waals surface area contributed by atoms with Gasteiger partial charge in [-0.3, -0.25) is 0 Å². The van der Waals surface area contributed by atoms with E-state index in [4.69, 9.17) is 16.6 Å². The Bertz CT molecular complexity index is 660. The zero-order valence-corrected chi connectivity index (χ0v) is 15.3. The first-order valence-corrected chi connectivity index (χ1v) is 7.97.